The summed E-state index contributed by atoms with van der Waals surface area (Å²) in [6.07, 6.45) is 0.750. The Balaban J connectivity index is 2.00. The minimum atomic E-state index is -0.482. The number of hydrogen-bond donors (Lipinski definition) is 1. The molecule has 2 aromatic carbocycles. The molecule has 2 aromatic rings. The topological polar surface area (TPSA) is 46.3 Å². The predicted molar refractivity (Wildman–Crippen MR) is 77.4 cm³/mol. The number of anilines is 2. The van der Waals surface area contributed by atoms with Crippen molar-refractivity contribution in [1.82, 2.24) is 0 Å². The fraction of sp³-hybridized carbons (Fsp3) is 0.188. The maximum absolute atomic E-state index is 13.8. The number of carbonyl (C=O) groups is 1. The summed E-state index contributed by atoms with van der Waals surface area (Å²) in [6.45, 7) is 2.40. The number of hydrogen-bond acceptors (Lipinski definition) is 2. The van der Waals surface area contributed by atoms with Gasteiger partial charge >= 0.3 is 0 Å². The van der Waals surface area contributed by atoms with Gasteiger partial charge in [0.15, 0.2) is 0 Å². The second kappa shape index (κ2) is 4.63. The fourth-order valence-electron chi connectivity index (χ4n) is 2.58. The molecule has 0 radical (unpaired) electrons. The van der Waals surface area contributed by atoms with Crippen LogP contribution >= 0.6 is 0 Å². The van der Waals surface area contributed by atoms with Crippen LogP contribution in [0.25, 0.3) is 0 Å². The van der Waals surface area contributed by atoms with Crippen LogP contribution in [0.2, 0.25) is 0 Å². The zero-order valence-corrected chi connectivity index (χ0v) is 11.2. The summed E-state index contributed by atoms with van der Waals surface area (Å²) in [7, 11) is 0. The Kier molecular flexibility index (Phi) is 2.93. The van der Waals surface area contributed by atoms with E-state index < -0.39 is 5.82 Å². The second-order valence-electron chi connectivity index (χ2n) is 5.08. The standard InChI is InChI=1S/C16H15FN2O/c1-10-2-4-14(17)13(8-10)16(20)19-7-6-11-9-12(18)3-5-15(11)19/h2-5,8-9H,6-7,18H2,1H3. The van der Waals surface area contributed by atoms with E-state index in [1.807, 2.05) is 19.1 Å². The van der Waals surface area contributed by atoms with Crippen molar-refractivity contribution in [3.05, 3.63) is 58.9 Å². The third-order valence-electron chi connectivity index (χ3n) is 3.60. The number of benzene rings is 2. The lowest BCUT2D eigenvalue weighted by Gasteiger charge is -2.18. The molecular weight excluding hydrogens is 255 g/mol. The van der Waals surface area contributed by atoms with Gasteiger partial charge in [0, 0.05) is 17.9 Å². The van der Waals surface area contributed by atoms with E-state index in [0.29, 0.717) is 12.2 Å². The molecular formula is C16H15FN2O. The molecule has 2 N–H and O–H groups in total. The SMILES string of the molecule is Cc1ccc(F)c(C(=O)N2CCc3cc(N)ccc32)c1. The highest BCUT2D eigenvalue weighted by atomic mass is 19.1. The molecule has 0 atom stereocenters. The van der Waals surface area contributed by atoms with Crippen LogP contribution in [0.1, 0.15) is 21.5 Å². The van der Waals surface area contributed by atoms with Gasteiger partial charge in [0.05, 0.1) is 5.56 Å². The van der Waals surface area contributed by atoms with Crippen LogP contribution in [0.15, 0.2) is 36.4 Å². The van der Waals surface area contributed by atoms with E-state index in [4.69, 9.17) is 5.73 Å². The van der Waals surface area contributed by atoms with Crippen LogP contribution in [0.5, 0.6) is 0 Å². The normalized spacial score (nSPS) is 13.4. The highest BCUT2D eigenvalue weighted by Crippen LogP contribution is 2.31. The maximum Gasteiger partial charge on any atom is 0.261 e. The molecule has 3 rings (SSSR count). The zero-order chi connectivity index (χ0) is 14.3. The van der Waals surface area contributed by atoms with Gasteiger partial charge in [-0.3, -0.25) is 4.79 Å². The third-order valence-corrected chi connectivity index (χ3v) is 3.60. The number of rotatable bonds is 1. The molecule has 1 amide bonds. The van der Waals surface area contributed by atoms with Crippen molar-refractivity contribution in [3.8, 4) is 0 Å². The van der Waals surface area contributed by atoms with E-state index in [0.717, 1.165) is 23.2 Å². The van der Waals surface area contributed by atoms with Crippen LogP contribution < -0.4 is 10.6 Å². The molecule has 0 saturated carbocycles. The number of carbonyl (C=O) groups excluding carboxylic acids is 1. The zero-order valence-electron chi connectivity index (χ0n) is 11.2. The van der Waals surface area contributed by atoms with Gasteiger partial charge in [-0.05, 0) is 49.2 Å². The average Bonchev–Trinajstić information content (AvgIpc) is 2.83. The van der Waals surface area contributed by atoms with Crippen molar-refractivity contribution >= 4 is 17.3 Å². The average molecular weight is 270 g/mol. The lowest BCUT2D eigenvalue weighted by Crippen LogP contribution is -2.29. The molecule has 0 aliphatic carbocycles. The Morgan fingerprint density at radius 3 is 2.85 bits per heavy atom. The number of nitrogens with zero attached hydrogens (tertiary/aromatic N) is 1. The number of halogens is 1. The summed E-state index contributed by atoms with van der Waals surface area (Å²) in [5, 5.41) is 0. The Labute approximate surface area is 116 Å². The molecule has 1 heterocycles. The van der Waals surface area contributed by atoms with Gasteiger partial charge in [-0.15, -0.1) is 0 Å². The van der Waals surface area contributed by atoms with Crippen molar-refractivity contribution in [2.75, 3.05) is 17.2 Å². The maximum atomic E-state index is 13.8. The summed E-state index contributed by atoms with van der Waals surface area (Å²) in [4.78, 5) is 14.1. The summed E-state index contributed by atoms with van der Waals surface area (Å²) in [5.74, 6) is -0.779. The summed E-state index contributed by atoms with van der Waals surface area (Å²) in [5.41, 5.74) is 9.27. The Bertz CT molecular complexity index is 697. The summed E-state index contributed by atoms with van der Waals surface area (Å²) in [6, 6.07) is 10.0. The van der Waals surface area contributed by atoms with Gasteiger partial charge in [0.25, 0.3) is 5.91 Å². The molecule has 1 aliphatic rings. The molecule has 0 aromatic heterocycles. The highest BCUT2D eigenvalue weighted by molar-refractivity contribution is 6.07. The lowest BCUT2D eigenvalue weighted by molar-refractivity contribution is 0.0985. The number of nitrogen functional groups attached to an aromatic ring is 1. The largest absolute Gasteiger partial charge is 0.399 e. The first-order chi connectivity index (χ1) is 9.56. The van der Waals surface area contributed by atoms with Crippen LogP contribution in [-0.4, -0.2) is 12.5 Å². The van der Waals surface area contributed by atoms with E-state index in [1.165, 1.54) is 6.07 Å². The van der Waals surface area contributed by atoms with Gasteiger partial charge in [0.2, 0.25) is 0 Å². The summed E-state index contributed by atoms with van der Waals surface area (Å²) < 4.78 is 13.8. The predicted octanol–water partition coefficient (Wildman–Crippen LogP) is 2.92. The number of nitrogens with two attached hydrogens (primary N) is 1. The highest BCUT2D eigenvalue weighted by Gasteiger charge is 2.27. The van der Waals surface area contributed by atoms with Crippen LogP contribution in [0.3, 0.4) is 0 Å². The Morgan fingerprint density at radius 2 is 2.05 bits per heavy atom. The molecule has 0 unspecified atom stereocenters. The van der Waals surface area contributed by atoms with E-state index in [9.17, 15) is 9.18 Å². The first-order valence-corrected chi connectivity index (χ1v) is 6.52. The van der Waals surface area contributed by atoms with Crippen LogP contribution in [0, 0.1) is 12.7 Å². The number of aryl methyl sites for hydroxylation is 1. The second-order valence-corrected chi connectivity index (χ2v) is 5.08. The monoisotopic (exact) mass is 270 g/mol. The van der Waals surface area contributed by atoms with Crippen LogP contribution in [-0.2, 0) is 6.42 Å². The van der Waals surface area contributed by atoms with E-state index in [1.54, 1.807) is 23.1 Å². The minimum absolute atomic E-state index is 0.120. The molecule has 102 valence electrons. The van der Waals surface area contributed by atoms with Gasteiger partial charge in [0.1, 0.15) is 5.82 Å². The molecule has 4 heteroatoms. The van der Waals surface area contributed by atoms with Gasteiger partial charge in [-0.25, -0.2) is 4.39 Å². The van der Waals surface area contributed by atoms with E-state index in [-0.39, 0.29) is 11.5 Å². The van der Waals surface area contributed by atoms with Crippen molar-refractivity contribution in [3.63, 3.8) is 0 Å². The van der Waals surface area contributed by atoms with Crippen molar-refractivity contribution in [1.29, 1.82) is 0 Å². The van der Waals surface area contributed by atoms with Gasteiger partial charge in [-0.1, -0.05) is 11.6 Å². The quantitative estimate of drug-likeness (QED) is 0.810. The molecule has 1 aliphatic heterocycles. The number of amides is 1. The summed E-state index contributed by atoms with van der Waals surface area (Å²) >= 11 is 0. The smallest absolute Gasteiger partial charge is 0.261 e. The van der Waals surface area contributed by atoms with E-state index >= 15 is 0 Å². The first kappa shape index (κ1) is 12.7. The number of fused-ring (bicyclic) bond motifs is 1. The van der Waals surface area contributed by atoms with Crippen molar-refractivity contribution in [2.45, 2.75) is 13.3 Å². The fourth-order valence-corrected chi connectivity index (χ4v) is 2.58. The molecule has 0 spiro atoms. The minimum Gasteiger partial charge on any atom is -0.399 e. The molecule has 0 fully saturated rings. The molecule has 20 heavy (non-hydrogen) atoms. The van der Waals surface area contributed by atoms with E-state index in [2.05, 4.69) is 0 Å². The third kappa shape index (κ3) is 2.03. The van der Waals surface area contributed by atoms with Gasteiger partial charge < -0.3 is 10.6 Å². The molecule has 0 saturated heterocycles. The Morgan fingerprint density at radius 1 is 1.25 bits per heavy atom. The van der Waals surface area contributed by atoms with Crippen molar-refractivity contribution in [2.24, 2.45) is 0 Å². The van der Waals surface area contributed by atoms with Crippen LogP contribution in [0.4, 0.5) is 15.8 Å². The molecule has 3 nitrogen and oxygen atoms in total. The lowest BCUT2D eigenvalue weighted by atomic mass is 10.1. The van der Waals surface area contributed by atoms with Gasteiger partial charge in [-0.2, -0.15) is 0 Å². The Hall–Kier alpha value is -2.36. The van der Waals surface area contributed by atoms with Crippen molar-refractivity contribution < 1.29 is 9.18 Å². The molecule has 0 bridgehead atoms. The first-order valence-electron chi connectivity index (χ1n) is 6.52.